The van der Waals surface area contributed by atoms with E-state index < -0.39 is 5.97 Å². The number of nitrogens with one attached hydrogen (secondary N) is 1. The maximum Gasteiger partial charge on any atom is 0.335 e. The van der Waals surface area contributed by atoms with Crippen molar-refractivity contribution >= 4 is 11.8 Å². The molecule has 0 aliphatic heterocycles. The molecule has 1 aromatic heterocycles. The standard InChI is InChI=1S/C15H17N3O2/c1-2-13-9-14(18-10-17-13)16-8-7-11-3-5-12(6-4-11)15(19)20/h3-6,9-10H,2,7-8H2,1H3,(H,19,20)(H,16,17,18). The van der Waals surface area contributed by atoms with Gasteiger partial charge in [0.25, 0.3) is 0 Å². The van der Waals surface area contributed by atoms with Crippen LogP contribution in [0.4, 0.5) is 5.82 Å². The lowest BCUT2D eigenvalue weighted by atomic mass is 10.1. The van der Waals surface area contributed by atoms with Gasteiger partial charge >= 0.3 is 5.97 Å². The van der Waals surface area contributed by atoms with E-state index in [1.807, 2.05) is 18.2 Å². The zero-order valence-electron chi connectivity index (χ0n) is 11.3. The summed E-state index contributed by atoms with van der Waals surface area (Å²) in [7, 11) is 0. The number of carboxylic acids is 1. The van der Waals surface area contributed by atoms with E-state index in [0.717, 1.165) is 36.5 Å². The van der Waals surface area contributed by atoms with Crippen molar-refractivity contribution in [2.24, 2.45) is 0 Å². The Balaban J connectivity index is 1.87. The molecule has 0 spiro atoms. The maximum absolute atomic E-state index is 10.7. The molecule has 0 radical (unpaired) electrons. The molecular formula is C15H17N3O2. The first kappa shape index (κ1) is 14.0. The van der Waals surface area contributed by atoms with Crippen LogP contribution in [0.2, 0.25) is 0 Å². The van der Waals surface area contributed by atoms with Crippen LogP contribution in [-0.4, -0.2) is 27.6 Å². The van der Waals surface area contributed by atoms with Crippen molar-refractivity contribution in [3.63, 3.8) is 0 Å². The van der Waals surface area contributed by atoms with E-state index in [0.29, 0.717) is 5.56 Å². The van der Waals surface area contributed by atoms with Crippen LogP contribution < -0.4 is 5.32 Å². The fraction of sp³-hybridized carbons (Fsp3) is 0.267. The van der Waals surface area contributed by atoms with E-state index >= 15 is 0 Å². The molecule has 1 heterocycles. The first-order chi connectivity index (χ1) is 9.69. The normalized spacial score (nSPS) is 10.2. The van der Waals surface area contributed by atoms with E-state index in [2.05, 4.69) is 22.2 Å². The molecule has 0 bridgehead atoms. The summed E-state index contributed by atoms with van der Waals surface area (Å²) >= 11 is 0. The molecular weight excluding hydrogens is 254 g/mol. The van der Waals surface area contributed by atoms with Gasteiger partial charge in [-0.25, -0.2) is 14.8 Å². The van der Waals surface area contributed by atoms with E-state index in [1.165, 1.54) is 0 Å². The Hall–Kier alpha value is -2.43. The van der Waals surface area contributed by atoms with Crippen molar-refractivity contribution in [2.45, 2.75) is 19.8 Å². The third-order valence-electron chi connectivity index (χ3n) is 3.01. The Morgan fingerprint density at radius 1 is 1.25 bits per heavy atom. The van der Waals surface area contributed by atoms with Crippen LogP contribution in [0.5, 0.6) is 0 Å². The minimum absolute atomic E-state index is 0.310. The highest BCUT2D eigenvalue weighted by Crippen LogP contribution is 2.07. The number of hydrogen-bond donors (Lipinski definition) is 2. The van der Waals surface area contributed by atoms with Crippen molar-refractivity contribution in [1.82, 2.24) is 9.97 Å². The third-order valence-corrected chi connectivity index (χ3v) is 3.01. The summed E-state index contributed by atoms with van der Waals surface area (Å²) in [5, 5.41) is 12.1. The first-order valence-corrected chi connectivity index (χ1v) is 6.56. The minimum Gasteiger partial charge on any atom is -0.478 e. The predicted octanol–water partition coefficient (Wildman–Crippen LogP) is 2.39. The second kappa shape index (κ2) is 6.65. The summed E-state index contributed by atoms with van der Waals surface area (Å²) in [5.41, 5.74) is 2.41. The molecule has 104 valence electrons. The number of hydrogen-bond acceptors (Lipinski definition) is 4. The molecule has 0 fully saturated rings. The fourth-order valence-corrected chi connectivity index (χ4v) is 1.84. The highest BCUT2D eigenvalue weighted by Gasteiger charge is 2.02. The zero-order valence-corrected chi connectivity index (χ0v) is 11.3. The Morgan fingerprint density at radius 2 is 2.00 bits per heavy atom. The molecule has 2 aromatic rings. The van der Waals surface area contributed by atoms with Crippen molar-refractivity contribution in [2.75, 3.05) is 11.9 Å². The summed E-state index contributed by atoms with van der Waals surface area (Å²) in [6.07, 6.45) is 3.25. The number of nitrogens with zero attached hydrogens (tertiary/aromatic N) is 2. The van der Waals surface area contributed by atoms with Crippen molar-refractivity contribution in [1.29, 1.82) is 0 Å². The van der Waals surface area contributed by atoms with Gasteiger partial charge in [0, 0.05) is 18.3 Å². The van der Waals surface area contributed by atoms with Crippen LogP contribution in [0.3, 0.4) is 0 Å². The summed E-state index contributed by atoms with van der Waals surface area (Å²) in [5.74, 6) is -0.0817. The Kier molecular flexibility index (Phi) is 4.65. The molecule has 0 saturated heterocycles. The van der Waals surface area contributed by atoms with Crippen LogP contribution in [0.15, 0.2) is 36.7 Å². The lowest BCUT2D eigenvalue weighted by molar-refractivity contribution is 0.0697. The third kappa shape index (κ3) is 3.78. The smallest absolute Gasteiger partial charge is 0.335 e. The second-order valence-electron chi connectivity index (χ2n) is 4.43. The monoisotopic (exact) mass is 271 g/mol. The number of benzene rings is 1. The molecule has 5 heteroatoms. The molecule has 0 saturated carbocycles. The number of aryl methyl sites for hydroxylation is 1. The average Bonchev–Trinajstić information content (AvgIpc) is 2.48. The van der Waals surface area contributed by atoms with Crippen LogP contribution >= 0.6 is 0 Å². The maximum atomic E-state index is 10.7. The Labute approximate surface area is 117 Å². The summed E-state index contributed by atoms with van der Waals surface area (Å²) in [6.45, 7) is 2.79. The second-order valence-corrected chi connectivity index (χ2v) is 4.43. The number of aromatic nitrogens is 2. The van der Waals surface area contributed by atoms with Gasteiger partial charge in [0.05, 0.1) is 5.56 Å². The molecule has 5 nitrogen and oxygen atoms in total. The van der Waals surface area contributed by atoms with Gasteiger partial charge in [-0.05, 0) is 30.5 Å². The molecule has 0 atom stereocenters. The zero-order chi connectivity index (χ0) is 14.4. The summed E-state index contributed by atoms with van der Waals surface area (Å²) < 4.78 is 0. The number of carbonyl (C=O) groups is 1. The molecule has 1 aromatic carbocycles. The van der Waals surface area contributed by atoms with E-state index in [1.54, 1.807) is 18.5 Å². The molecule has 2 rings (SSSR count). The highest BCUT2D eigenvalue weighted by molar-refractivity contribution is 5.87. The van der Waals surface area contributed by atoms with Gasteiger partial charge in [0.2, 0.25) is 0 Å². The largest absolute Gasteiger partial charge is 0.478 e. The molecule has 0 aliphatic rings. The van der Waals surface area contributed by atoms with E-state index in [4.69, 9.17) is 5.11 Å². The lowest BCUT2D eigenvalue weighted by Crippen LogP contribution is -2.07. The first-order valence-electron chi connectivity index (χ1n) is 6.56. The number of aromatic carboxylic acids is 1. The lowest BCUT2D eigenvalue weighted by Gasteiger charge is -2.06. The number of anilines is 1. The molecule has 0 unspecified atom stereocenters. The van der Waals surface area contributed by atoms with Gasteiger partial charge in [-0.1, -0.05) is 19.1 Å². The minimum atomic E-state index is -0.900. The van der Waals surface area contributed by atoms with Crippen molar-refractivity contribution in [3.8, 4) is 0 Å². The van der Waals surface area contributed by atoms with E-state index in [9.17, 15) is 4.79 Å². The van der Waals surface area contributed by atoms with Gasteiger partial charge < -0.3 is 10.4 Å². The highest BCUT2D eigenvalue weighted by atomic mass is 16.4. The average molecular weight is 271 g/mol. The topological polar surface area (TPSA) is 75.1 Å². The fourth-order valence-electron chi connectivity index (χ4n) is 1.84. The van der Waals surface area contributed by atoms with Gasteiger partial charge in [0.1, 0.15) is 12.1 Å². The van der Waals surface area contributed by atoms with Crippen molar-refractivity contribution in [3.05, 3.63) is 53.5 Å². The summed E-state index contributed by atoms with van der Waals surface area (Å²) in [6, 6.07) is 8.85. The van der Waals surface area contributed by atoms with Crippen LogP contribution in [-0.2, 0) is 12.8 Å². The predicted molar refractivity (Wildman–Crippen MR) is 77.0 cm³/mol. The molecule has 0 aliphatic carbocycles. The van der Waals surface area contributed by atoms with Gasteiger partial charge in [-0.3, -0.25) is 0 Å². The summed E-state index contributed by atoms with van der Waals surface area (Å²) in [4.78, 5) is 19.0. The quantitative estimate of drug-likeness (QED) is 0.843. The molecule has 0 amide bonds. The number of rotatable bonds is 6. The van der Waals surface area contributed by atoms with Crippen LogP contribution in [0, 0.1) is 0 Å². The SMILES string of the molecule is CCc1cc(NCCc2ccc(C(=O)O)cc2)ncn1. The van der Waals surface area contributed by atoms with Crippen molar-refractivity contribution < 1.29 is 9.90 Å². The number of carboxylic acid groups (broad SMARTS) is 1. The molecule has 20 heavy (non-hydrogen) atoms. The van der Waals surface area contributed by atoms with Crippen LogP contribution in [0.25, 0.3) is 0 Å². The molecule has 2 N–H and O–H groups in total. The van der Waals surface area contributed by atoms with Gasteiger partial charge in [-0.2, -0.15) is 0 Å². The van der Waals surface area contributed by atoms with Gasteiger partial charge in [-0.15, -0.1) is 0 Å². The van der Waals surface area contributed by atoms with Crippen LogP contribution in [0.1, 0.15) is 28.5 Å². The Morgan fingerprint density at radius 3 is 2.65 bits per heavy atom. The van der Waals surface area contributed by atoms with E-state index in [-0.39, 0.29) is 0 Å². The Bertz CT molecular complexity index is 582. The van der Waals surface area contributed by atoms with Gasteiger partial charge in [0.15, 0.2) is 0 Å².